The highest BCUT2D eigenvalue weighted by molar-refractivity contribution is 6.30. The molecule has 4 aliphatic rings. The molecule has 1 aliphatic heterocycles. The van der Waals surface area contributed by atoms with Crippen LogP contribution < -0.4 is 20.7 Å². The Hall–Kier alpha value is -1.86. The van der Waals surface area contributed by atoms with Gasteiger partial charge in [0.15, 0.2) is 6.61 Å². The van der Waals surface area contributed by atoms with E-state index in [0.29, 0.717) is 5.92 Å². The van der Waals surface area contributed by atoms with Crippen LogP contribution in [0.15, 0.2) is 18.2 Å². The van der Waals surface area contributed by atoms with E-state index in [4.69, 9.17) is 16.3 Å². The van der Waals surface area contributed by atoms with Gasteiger partial charge in [-0.1, -0.05) is 24.9 Å². The first-order chi connectivity index (χ1) is 13.8. The van der Waals surface area contributed by atoms with Gasteiger partial charge in [-0.05, 0) is 50.3 Å². The van der Waals surface area contributed by atoms with Crippen LogP contribution in [0.4, 0.5) is 4.39 Å². The summed E-state index contributed by atoms with van der Waals surface area (Å²) in [5.74, 6) is 0.147. The van der Waals surface area contributed by atoms with Crippen molar-refractivity contribution in [3.05, 3.63) is 29.0 Å². The summed E-state index contributed by atoms with van der Waals surface area (Å²) in [6.07, 6.45) is 4.29. The number of halogens is 2. The molecule has 3 aliphatic carbocycles. The summed E-state index contributed by atoms with van der Waals surface area (Å²) in [7, 11) is 0. The first kappa shape index (κ1) is 20.4. The van der Waals surface area contributed by atoms with Crippen LogP contribution in [-0.2, 0) is 9.59 Å². The van der Waals surface area contributed by atoms with Gasteiger partial charge in [-0.2, -0.15) is 0 Å². The largest absolute Gasteiger partial charge is 0.484 e. The third-order valence-corrected chi connectivity index (χ3v) is 6.78. The van der Waals surface area contributed by atoms with Crippen LogP contribution in [0.1, 0.15) is 39.0 Å². The molecule has 0 radical (unpaired) electrons. The van der Waals surface area contributed by atoms with Gasteiger partial charge in [0, 0.05) is 23.7 Å². The van der Waals surface area contributed by atoms with Crippen LogP contribution in [-0.4, -0.2) is 42.6 Å². The van der Waals surface area contributed by atoms with E-state index in [2.05, 4.69) is 22.9 Å². The van der Waals surface area contributed by atoms with Crippen molar-refractivity contribution in [2.75, 3.05) is 19.7 Å². The summed E-state index contributed by atoms with van der Waals surface area (Å²) in [4.78, 5) is 24.8. The van der Waals surface area contributed by atoms with Gasteiger partial charge in [0.25, 0.3) is 5.91 Å². The van der Waals surface area contributed by atoms with E-state index in [-0.39, 0.29) is 46.2 Å². The molecule has 1 heterocycles. The average Bonchev–Trinajstić information content (AvgIpc) is 2.66. The number of amides is 2. The second kappa shape index (κ2) is 7.76. The lowest BCUT2D eigenvalue weighted by Gasteiger charge is -2.70. The van der Waals surface area contributed by atoms with Crippen molar-refractivity contribution in [1.82, 2.24) is 16.0 Å². The van der Waals surface area contributed by atoms with Crippen molar-refractivity contribution < 1.29 is 18.7 Å². The van der Waals surface area contributed by atoms with Crippen LogP contribution >= 0.6 is 11.6 Å². The van der Waals surface area contributed by atoms with Crippen molar-refractivity contribution >= 4 is 23.4 Å². The molecular formula is C21H27ClFN3O3. The third kappa shape index (κ3) is 4.21. The van der Waals surface area contributed by atoms with Crippen molar-refractivity contribution in [1.29, 1.82) is 0 Å². The van der Waals surface area contributed by atoms with Crippen LogP contribution in [0.3, 0.4) is 0 Å². The van der Waals surface area contributed by atoms with Crippen molar-refractivity contribution in [2.24, 2.45) is 11.8 Å². The number of piperidine rings is 1. The van der Waals surface area contributed by atoms with Crippen LogP contribution in [0, 0.1) is 17.7 Å². The minimum Gasteiger partial charge on any atom is -0.484 e. The summed E-state index contributed by atoms with van der Waals surface area (Å²) in [5.41, 5.74) is -0.403. The summed E-state index contributed by atoms with van der Waals surface area (Å²) in [6.45, 7) is 3.70. The van der Waals surface area contributed by atoms with E-state index >= 15 is 0 Å². The minimum absolute atomic E-state index is 0.0113. The zero-order chi connectivity index (χ0) is 20.6. The summed E-state index contributed by atoms with van der Waals surface area (Å²) in [5, 5.41) is 9.59. The molecule has 3 saturated carbocycles. The maximum atomic E-state index is 13.4. The lowest BCUT2D eigenvalue weighted by Crippen LogP contribution is -2.84. The van der Waals surface area contributed by atoms with Gasteiger partial charge in [0.05, 0.1) is 10.9 Å². The Bertz CT molecular complexity index is 799. The first-order valence-corrected chi connectivity index (χ1v) is 10.6. The van der Waals surface area contributed by atoms with Gasteiger partial charge < -0.3 is 20.7 Å². The molecule has 2 amide bonds. The number of carbonyl (C=O) groups is 2. The van der Waals surface area contributed by atoms with Gasteiger partial charge in [0.1, 0.15) is 11.6 Å². The van der Waals surface area contributed by atoms with Crippen LogP contribution in [0.5, 0.6) is 5.75 Å². The summed E-state index contributed by atoms with van der Waals surface area (Å²) >= 11 is 5.63. The van der Waals surface area contributed by atoms with E-state index in [1.807, 2.05) is 0 Å². The Morgan fingerprint density at radius 1 is 1.24 bits per heavy atom. The van der Waals surface area contributed by atoms with E-state index < -0.39 is 5.82 Å². The normalized spacial score (nSPS) is 32.5. The molecule has 1 aromatic carbocycles. The van der Waals surface area contributed by atoms with Gasteiger partial charge in [-0.3, -0.25) is 9.59 Å². The molecule has 5 rings (SSSR count). The average molecular weight is 424 g/mol. The number of rotatable bonds is 7. The molecule has 0 aromatic heterocycles. The van der Waals surface area contributed by atoms with E-state index in [1.165, 1.54) is 12.1 Å². The lowest BCUT2D eigenvalue weighted by atomic mass is 9.44. The highest BCUT2D eigenvalue weighted by Gasteiger charge is 2.69. The number of hydrogen-bond acceptors (Lipinski definition) is 4. The molecule has 8 heteroatoms. The molecule has 0 spiro atoms. The van der Waals surface area contributed by atoms with Gasteiger partial charge in [-0.15, -0.1) is 0 Å². The second-order valence-electron chi connectivity index (χ2n) is 8.86. The molecule has 1 aromatic rings. The molecule has 2 atom stereocenters. The molecule has 4 fully saturated rings. The predicted octanol–water partition coefficient (Wildman–Crippen LogP) is 2.40. The molecule has 29 heavy (non-hydrogen) atoms. The predicted molar refractivity (Wildman–Crippen MR) is 107 cm³/mol. The van der Waals surface area contributed by atoms with Crippen molar-refractivity contribution in [2.45, 2.75) is 50.1 Å². The van der Waals surface area contributed by atoms with Crippen molar-refractivity contribution in [3.8, 4) is 5.75 Å². The van der Waals surface area contributed by atoms with Crippen LogP contribution in [0.25, 0.3) is 0 Å². The zero-order valence-electron chi connectivity index (χ0n) is 16.5. The molecule has 2 unspecified atom stereocenters. The third-order valence-electron chi connectivity index (χ3n) is 6.47. The van der Waals surface area contributed by atoms with Gasteiger partial charge >= 0.3 is 0 Å². The van der Waals surface area contributed by atoms with E-state index in [0.717, 1.165) is 51.3 Å². The molecule has 6 nitrogen and oxygen atoms in total. The highest BCUT2D eigenvalue weighted by atomic mass is 35.5. The lowest BCUT2D eigenvalue weighted by molar-refractivity contribution is -0.152. The fraction of sp³-hybridized carbons (Fsp3) is 0.619. The molecule has 1 saturated heterocycles. The number of carbonyl (C=O) groups excluding carboxylic acids is 2. The van der Waals surface area contributed by atoms with Gasteiger partial charge in [0.2, 0.25) is 5.91 Å². The second-order valence-corrected chi connectivity index (χ2v) is 9.27. The number of nitrogens with one attached hydrogen (secondary N) is 3. The van der Waals surface area contributed by atoms with E-state index in [1.54, 1.807) is 0 Å². The smallest absolute Gasteiger partial charge is 0.258 e. The van der Waals surface area contributed by atoms with E-state index in [9.17, 15) is 14.0 Å². The Morgan fingerprint density at radius 2 is 1.97 bits per heavy atom. The highest BCUT2D eigenvalue weighted by Crippen LogP contribution is 2.60. The molecule has 158 valence electrons. The monoisotopic (exact) mass is 423 g/mol. The van der Waals surface area contributed by atoms with Crippen LogP contribution in [0.2, 0.25) is 5.02 Å². The number of hydrogen-bond donors (Lipinski definition) is 3. The van der Waals surface area contributed by atoms with Gasteiger partial charge in [-0.25, -0.2) is 4.39 Å². The Balaban J connectivity index is 1.20. The fourth-order valence-corrected chi connectivity index (χ4v) is 5.12. The fourth-order valence-electron chi connectivity index (χ4n) is 5.01. The molecule has 2 bridgehead atoms. The SMILES string of the molecule is CCC1CNCC(C(=O)NC23CC(NC(=O)COc4ccc(Cl)c(F)c4)(C2)C3)C1. The minimum atomic E-state index is -0.583. The maximum Gasteiger partial charge on any atom is 0.258 e. The zero-order valence-corrected chi connectivity index (χ0v) is 17.3. The molecular weight excluding hydrogens is 397 g/mol. The topological polar surface area (TPSA) is 79.5 Å². The molecule has 3 N–H and O–H groups in total. The Labute approximate surface area is 174 Å². The number of benzene rings is 1. The summed E-state index contributed by atoms with van der Waals surface area (Å²) < 4.78 is 18.8. The maximum absolute atomic E-state index is 13.4. The Kier molecular flexibility index (Phi) is 5.46. The standard InChI is InChI=1S/C21H27ClFN3O3/c1-2-13-5-14(8-24-7-13)19(28)26-21-10-20(11-21,12-21)25-18(27)9-29-15-3-4-16(22)17(23)6-15/h3-4,6,13-14,24H,2,5,7-12H2,1H3,(H,25,27)(H,26,28). The first-order valence-electron chi connectivity index (χ1n) is 10.2. The number of ether oxygens (including phenoxy) is 1. The quantitative estimate of drug-likeness (QED) is 0.629. The van der Waals surface area contributed by atoms with Crippen molar-refractivity contribution in [3.63, 3.8) is 0 Å². The summed E-state index contributed by atoms with van der Waals surface area (Å²) in [6, 6.07) is 4.07. The Morgan fingerprint density at radius 3 is 2.66 bits per heavy atom.